The smallest absolute Gasteiger partial charge is 0.258 e. The Morgan fingerprint density at radius 3 is 2.60 bits per heavy atom. The molecule has 1 amide bonds. The quantitative estimate of drug-likeness (QED) is 0.813. The fourth-order valence-electron chi connectivity index (χ4n) is 1.65. The molecule has 0 saturated heterocycles. The van der Waals surface area contributed by atoms with Crippen LogP contribution in [0.4, 0.5) is 15.8 Å². The molecule has 0 radical (unpaired) electrons. The highest BCUT2D eigenvalue weighted by Crippen LogP contribution is 2.29. The molecule has 0 aromatic heterocycles. The van der Waals surface area contributed by atoms with Crippen LogP contribution in [-0.2, 0) is 0 Å². The van der Waals surface area contributed by atoms with Crippen LogP contribution in [0.3, 0.4) is 0 Å². The predicted molar refractivity (Wildman–Crippen MR) is 80.0 cm³/mol. The second kappa shape index (κ2) is 5.69. The molecule has 0 aliphatic rings. The summed E-state index contributed by atoms with van der Waals surface area (Å²) < 4.78 is 13.6. The van der Waals surface area contributed by atoms with Crippen LogP contribution in [0.5, 0.6) is 0 Å². The van der Waals surface area contributed by atoms with Gasteiger partial charge < -0.3 is 11.1 Å². The first kappa shape index (κ1) is 14.6. The molecule has 2 aromatic rings. The highest BCUT2D eigenvalue weighted by molar-refractivity contribution is 6.36. The number of halogens is 3. The minimum absolute atomic E-state index is 0.155. The van der Waals surface area contributed by atoms with Crippen molar-refractivity contribution < 1.29 is 9.18 Å². The van der Waals surface area contributed by atoms with E-state index in [1.165, 1.54) is 18.2 Å². The Morgan fingerprint density at radius 1 is 1.20 bits per heavy atom. The highest BCUT2D eigenvalue weighted by atomic mass is 35.5. The van der Waals surface area contributed by atoms with Crippen molar-refractivity contribution in [1.82, 2.24) is 0 Å². The molecule has 0 aliphatic heterocycles. The number of carbonyl (C=O) groups is 1. The number of anilines is 2. The SMILES string of the molecule is Cc1cc(Cl)c(NC(=O)c2cc(N)ccc2F)cc1Cl. The average molecular weight is 313 g/mol. The van der Waals surface area contributed by atoms with E-state index in [2.05, 4.69) is 5.32 Å². The van der Waals surface area contributed by atoms with Gasteiger partial charge in [0.1, 0.15) is 5.82 Å². The maximum absolute atomic E-state index is 13.6. The van der Waals surface area contributed by atoms with E-state index in [1.54, 1.807) is 13.0 Å². The molecule has 0 atom stereocenters. The molecule has 104 valence electrons. The zero-order valence-corrected chi connectivity index (χ0v) is 12.0. The number of hydrogen-bond donors (Lipinski definition) is 2. The first-order valence-electron chi connectivity index (χ1n) is 5.70. The molecular formula is C14H11Cl2FN2O. The third kappa shape index (κ3) is 3.03. The van der Waals surface area contributed by atoms with Gasteiger partial charge in [-0.1, -0.05) is 23.2 Å². The first-order valence-corrected chi connectivity index (χ1v) is 6.46. The molecule has 6 heteroatoms. The number of aryl methyl sites for hydroxylation is 1. The van der Waals surface area contributed by atoms with Gasteiger partial charge >= 0.3 is 0 Å². The topological polar surface area (TPSA) is 55.1 Å². The minimum Gasteiger partial charge on any atom is -0.399 e. The summed E-state index contributed by atoms with van der Waals surface area (Å²) in [6, 6.07) is 6.90. The third-order valence-electron chi connectivity index (χ3n) is 2.73. The van der Waals surface area contributed by atoms with Crippen molar-refractivity contribution in [2.75, 3.05) is 11.1 Å². The number of benzene rings is 2. The maximum atomic E-state index is 13.6. The first-order chi connectivity index (χ1) is 9.38. The average Bonchev–Trinajstić information content (AvgIpc) is 2.38. The van der Waals surface area contributed by atoms with Crippen molar-refractivity contribution in [3.63, 3.8) is 0 Å². The van der Waals surface area contributed by atoms with E-state index in [0.29, 0.717) is 21.4 Å². The zero-order valence-electron chi connectivity index (χ0n) is 10.5. The van der Waals surface area contributed by atoms with Crippen LogP contribution >= 0.6 is 23.2 Å². The molecule has 2 rings (SSSR count). The Bertz CT molecular complexity index is 689. The van der Waals surface area contributed by atoms with Gasteiger partial charge in [0.05, 0.1) is 16.3 Å². The van der Waals surface area contributed by atoms with Crippen molar-refractivity contribution in [2.45, 2.75) is 6.92 Å². The lowest BCUT2D eigenvalue weighted by Crippen LogP contribution is -2.14. The molecule has 2 aromatic carbocycles. The molecular weight excluding hydrogens is 302 g/mol. The number of amides is 1. The molecule has 0 aliphatic carbocycles. The van der Waals surface area contributed by atoms with Crippen molar-refractivity contribution in [3.8, 4) is 0 Å². The summed E-state index contributed by atoms with van der Waals surface area (Å²) >= 11 is 12.0. The number of hydrogen-bond acceptors (Lipinski definition) is 2. The molecule has 20 heavy (non-hydrogen) atoms. The summed E-state index contributed by atoms with van der Waals surface area (Å²) in [5.74, 6) is -1.30. The second-order valence-electron chi connectivity index (χ2n) is 4.27. The van der Waals surface area contributed by atoms with Crippen LogP contribution in [0, 0.1) is 12.7 Å². The maximum Gasteiger partial charge on any atom is 0.258 e. The van der Waals surface area contributed by atoms with Gasteiger partial charge in [-0.25, -0.2) is 4.39 Å². The van der Waals surface area contributed by atoms with E-state index < -0.39 is 11.7 Å². The Kier molecular flexibility index (Phi) is 4.16. The predicted octanol–water partition coefficient (Wildman–Crippen LogP) is 4.28. The number of nitrogens with two attached hydrogens (primary N) is 1. The summed E-state index contributed by atoms with van der Waals surface area (Å²) in [5, 5.41) is 3.29. The Morgan fingerprint density at radius 2 is 1.90 bits per heavy atom. The Balaban J connectivity index is 2.32. The normalized spacial score (nSPS) is 10.4. The van der Waals surface area contributed by atoms with Crippen molar-refractivity contribution in [3.05, 3.63) is 57.3 Å². The molecule has 0 saturated carbocycles. The molecule has 0 heterocycles. The molecule has 0 bridgehead atoms. The molecule has 0 unspecified atom stereocenters. The van der Waals surface area contributed by atoms with E-state index in [4.69, 9.17) is 28.9 Å². The van der Waals surface area contributed by atoms with Crippen molar-refractivity contribution in [2.24, 2.45) is 0 Å². The van der Waals surface area contributed by atoms with Crippen LogP contribution in [0.2, 0.25) is 10.0 Å². The number of nitrogen functional groups attached to an aromatic ring is 1. The van der Waals surface area contributed by atoms with Crippen LogP contribution in [0.25, 0.3) is 0 Å². The monoisotopic (exact) mass is 312 g/mol. The molecule has 0 fully saturated rings. The largest absolute Gasteiger partial charge is 0.399 e. The van der Waals surface area contributed by atoms with Gasteiger partial charge in [0.15, 0.2) is 0 Å². The van der Waals surface area contributed by atoms with Crippen molar-refractivity contribution >= 4 is 40.5 Å². The fraction of sp³-hybridized carbons (Fsp3) is 0.0714. The number of rotatable bonds is 2. The lowest BCUT2D eigenvalue weighted by Gasteiger charge is -2.10. The van der Waals surface area contributed by atoms with Crippen LogP contribution in [-0.4, -0.2) is 5.91 Å². The van der Waals surface area contributed by atoms with Gasteiger partial charge in [-0.05, 0) is 42.8 Å². The fourth-order valence-corrected chi connectivity index (χ4v) is 2.08. The highest BCUT2D eigenvalue weighted by Gasteiger charge is 2.14. The van der Waals surface area contributed by atoms with Crippen LogP contribution < -0.4 is 11.1 Å². The number of carbonyl (C=O) groups excluding carboxylic acids is 1. The standard InChI is InChI=1S/C14H11Cl2FN2O/c1-7-4-11(16)13(6-10(7)15)19-14(20)9-5-8(18)2-3-12(9)17/h2-6H,18H2,1H3,(H,19,20). The van der Waals surface area contributed by atoms with E-state index >= 15 is 0 Å². The summed E-state index contributed by atoms with van der Waals surface area (Å²) in [6.07, 6.45) is 0. The second-order valence-corrected chi connectivity index (χ2v) is 5.09. The van der Waals surface area contributed by atoms with Crippen molar-refractivity contribution in [1.29, 1.82) is 0 Å². The number of nitrogens with one attached hydrogen (secondary N) is 1. The summed E-state index contributed by atoms with van der Waals surface area (Å²) in [7, 11) is 0. The van der Waals surface area contributed by atoms with Crippen LogP contribution in [0.1, 0.15) is 15.9 Å². The van der Waals surface area contributed by atoms with Gasteiger partial charge in [0, 0.05) is 10.7 Å². The van der Waals surface area contributed by atoms with E-state index in [1.807, 2.05) is 0 Å². The summed E-state index contributed by atoms with van der Waals surface area (Å²) in [5.41, 5.74) is 6.78. The molecule has 0 spiro atoms. The van der Waals surface area contributed by atoms with E-state index in [-0.39, 0.29) is 5.56 Å². The summed E-state index contributed by atoms with van der Waals surface area (Å²) in [6.45, 7) is 1.79. The van der Waals surface area contributed by atoms with Crippen LogP contribution in [0.15, 0.2) is 30.3 Å². The van der Waals surface area contributed by atoms with Gasteiger partial charge in [0.25, 0.3) is 5.91 Å². The Hall–Kier alpha value is -1.78. The summed E-state index contributed by atoms with van der Waals surface area (Å²) in [4.78, 5) is 12.0. The van der Waals surface area contributed by atoms with E-state index in [9.17, 15) is 9.18 Å². The van der Waals surface area contributed by atoms with Gasteiger partial charge in [0.2, 0.25) is 0 Å². The third-order valence-corrected chi connectivity index (χ3v) is 3.45. The lowest BCUT2D eigenvalue weighted by atomic mass is 10.1. The molecule has 3 nitrogen and oxygen atoms in total. The van der Waals surface area contributed by atoms with Gasteiger partial charge in [-0.3, -0.25) is 4.79 Å². The zero-order chi connectivity index (χ0) is 14.9. The Labute approximate surface area is 125 Å². The molecule has 3 N–H and O–H groups in total. The van der Waals surface area contributed by atoms with E-state index in [0.717, 1.165) is 11.6 Å². The van der Waals surface area contributed by atoms with Gasteiger partial charge in [-0.15, -0.1) is 0 Å². The van der Waals surface area contributed by atoms with Gasteiger partial charge in [-0.2, -0.15) is 0 Å². The minimum atomic E-state index is -0.661. The lowest BCUT2D eigenvalue weighted by molar-refractivity contribution is 0.102.